The van der Waals surface area contributed by atoms with Crippen molar-refractivity contribution in [1.82, 2.24) is 0 Å². The van der Waals surface area contributed by atoms with Crippen LogP contribution in [0.1, 0.15) is 12.8 Å². The van der Waals surface area contributed by atoms with Crippen LogP contribution in [0.2, 0.25) is 0 Å². The summed E-state index contributed by atoms with van der Waals surface area (Å²) in [5, 5.41) is -6.18. The van der Waals surface area contributed by atoms with E-state index in [4.69, 9.17) is 4.74 Å². The molecule has 34 heavy (non-hydrogen) atoms. The standard InChI is InChI=1S/C19H17F9O4S2/c1-31-14-9-8-12-6-2-3-7-13(12)15(14)33(10-4-5-11-33)32-34(29,30)19(27,28)17(22,23)16(20,21)18(24,25)26/h2-3,6-9H,4-5,10-11H2,1H3. The average Bonchev–Trinajstić information content (AvgIpc) is 3.20. The zero-order valence-electron chi connectivity index (χ0n) is 17.1. The quantitative estimate of drug-likeness (QED) is 0.374. The van der Waals surface area contributed by atoms with Crippen LogP contribution in [0.3, 0.4) is 0 Å². The van der Waals surface area contributed by atoms with Crippen LogP contribution in [0.5, 0.6) is 5.75 Å². The first-order chi connectivity index (χ1) is 15.5. The number of halogens is 9. The Morgan fingerprint density at radius 1 is 0.824 bits per heavy atom. The second-order valence-corrected chi connectivity index (χ2v) is 12.2. The first kappa shape index (κ1) is 26.7. The molecule has 0 aromatic heterocycles. The molecule has 192 valence electrons. The van der Waals surface area contributed by atoms with Crippen LogP contribution >= 0.6 is 10.3 Å². The number of fused-ring (bicyclic) bond motifs is 1. The predicted molar refractivity (Wildman–Crippen MR) is 106 cm³/mol. The van der Waals surface area contributed by atoms with Gasteiger partial charge < -0.3 is 4.74 Å². The van der Waals surface area contributed by atoms with Gasteiger partial charge in [0.2, 0.25) is 0 Å². The van der Waals surface area contributed by atoms with E-state index in [1.165, 1.54) is 18.2 Å². The molecule has 0 atom stereocenters. The van der Waals surface area contributed by atoms with Gasteiger partial charge in [-0.3, -0.25) is 0 Å². The highest BCUT2D eigenvalue weighted by atomic mass is 32.3. The van der Waals surface area contributed by atoms with Crippen LogP contribution in [0.4, 0.5) is 39.5 Å². The van der Waals surface area contributed by atoms with Gasteiger partial charge in [0.1, 0.15) is 5.75 Å². The van der Waals surface area contributed by atoms with E-state index >= 15 is 0 Å². The summed E-state index contributed by atoms with van der Waals surface area (Å²) >= 11 is 0. The number of rotatable bonds is 7. The van der Waals surface area contributed by atoms with E-state index in [2.05, 4.69) is 3.63 Å². The monoisotopic (exact) mass is 544 g/mol. The van der Waals surface area contributed by atoms with Crippen molar-refractivity contribution in [3.63, 3.8) is 0 Å². The number of alkyl halides is 9. The molecule has 15 heteroatoms. The maximum atomic E-state index is 14.4. The van der Waals surface area contributed by atoms with Gasteiger partial charge in [-0.2, -0.15) is 47.9 Å². The van der Waals surface area contributed by atoms with Gasteiger partial charge in [0.25, 0.3) is 0 Å². The summed E-state index contributed by atoms with van der Waals surface area (Å²) in [4.78, 5) is -0.0455. The zero-order chi connectivity index (χ0) is 25.8. The molecule has 1 saturated heterocycles. The Hall–Kier alpha value is -1.87. The van der Waals surface area contributed by atoms with Crippen molar-refractivity contribution in [2.45, 2.75) is 41.0 Å². The molecular formula is C19H17F9O4S2. The van der Waals surface area contributed by atoms with Gasteiger partial charge in [-0.1, -0.05) is 40.6 Å². The highest BCUT2D eigenvalue weighted by molar-refractivity contribution is 8.33. The van der Waals surface area contributed by atoms with Crippen LogP contribution in [-0.4, -0.2) is 50.3 Å². The summed E-state index contributed by atoms with van der Waals surface area (Å²) in [6.45, 7) is 0. The molecule has 0 radical (unpaired) electrons. The highest BCUT2D eigenvalue weighted by Gasteiger charge is 2.86. The number of ether oxygens (including phenoxy) is 1. The van der Waals surface area contributed by atoms with Crippen molar-refractivity contribution in [1.29, 1.82) is 0 Å². The Morgan fingerprint density at radius 2 is 1.38 bits per heavy atom. The molecule has 0 saturated carbocycles. The van der Waals surface area contributed by atoms with E-state index in [1.54, 1.807) is 18.2 Å². The topological polar surface area (TPSA) is 52.6 Å². The summed E-state index contributed by atoms with van der Waals surface area (Å²) in [6, 6.07) is 9.03. The molecule has 4 nitrogen and oxygen atoms in total. The number of benzene rings is 2. The molecule has 0 aliphatic carbocycles. The Morgan fingerprint density at radius 3 is 1.91 bits per heavy atom. The van der Waals surface area contributed by atoms with E-state index in [1.807, 2.05) is 0 Å². The Bertz CT molecular complexity index is 1170. The molecule has 2 aromatic rings. The third-order valence-corrected chi connectivity index (χ3v) is 11.0. The third kappa shape index (κ3) is 3.88. The first-order valence-corrected chi connectivity index (χ1v) is 12.8. The van der Waals surface area contributed by atoms with Crippen LogP contribution in [-0.2, 0) is 13.7 Å². The molecule has 1 aliphatic heterocycles. The van der Waals surface area contributed by atoms with Crippen molar-refractivity contribution >= 4 is 31.2 Å². The van der Waals surface area contributed by atoms with Crippen LogP contribution in [0.25, 0.3) is 10.8 Å². The van der Waals surface area contributed by atoms with Crippen molar-refractivity contribution in [2.24, 2.45) is 0 Å². The average molecular weight is 544 g/mol. The maximum Gasteiger partial charge on any atom is 0.460 e. The number of hydrogen-bond donors (Lipinski definition) is 0. The minimum atomic E-state index is -7.37. The molecule has 1 aliphatic rings. The fraction of sp³-hybridized carbons (Fsp3) is 0.474. The first-order valence-electron chi connectivity index (χ1n) is 9.45. The summed E-state index contributed by atoms with van der Waals surface area (Å²) < 4.78 is 155. The Labute approximate surface area is 189 Å². The van der Waals surface area contributed by atoms with Gasteiger partial charge in [0, 0.05) is 11.5 Å². The fourth-order valence-corrected chi connectivity index (χ4v) is 9.61. The normalized spacial score (nSPS) is 18.8. The lowest BCUT2D eigenvalue weighted by Crippen LogP contribution is -2.63. The third-order valence-electron chi connectivity index (χ3n) is 5.28. The van der Waals surface area contributed by atoms with Crippen LogP contribution in [0.15, 0.2) is 41.3 Å². The summed E-state index contributed by atoms with van der Waals surface area (Å²) in [6.07, 6.45) is -6.78. The second kappa shape index (κ2) is 8.36. The van der Waals surface area contributed by atoms with Gasteiger partial charge in [0.05, 0.1) is 12.0 Å². The lowest BCUT2D eigenvalue weighted by atomic mass is 10.1. The van der Waals surface area contributed by atoms with E-state index in [9.17, 15) is 47.9 Å². The van der Waals surface area contributed by atoms with E-state index in [-0.39, 0.29) is 40.4 Å². The summed E-state index contributed by atoms with van der Waals surface area (Å²) in [5.74, 6) is -15.3. The smallest absolute Gasteiger partial charge is 0.460 e. The van der Waals surface area contributed by atoms with Crippen molar-refractivity contribution < 1.29 is 56.3 Å². The van der Waals surface area contributed by atoms with Crippen molar-refractivity contribution in [2.75, 3.05) is 18.6 Å². The Balaban J connectivity index is 2.19. The van der Waals surface area contributed by atoms with Gasteiger partial charge in [-0.25, -0.2) is 3.63 Å². The number of methoxy groups -OCH3 is 1. The van der Waals surface area contributed by atoms with E-state index in [0.717, 1.165) is 7.11 Å². The molecule has 3 rings (SSSR count). The molecule has 0 spiro atoms. The number of hydrogen-bond acceptors (Lipinski definition) is 4. The molecule has 0 bridgehead atoms. The molecule has 1 fully saturated rings. The summed E-state index contributed by atoms with van der Waals surface area (Å²) in [5.41, 5.74) is 0. The SMILES string of the molecule is COc1ccc2ccccc2c1S1(OS(=O)(=O)C(F)(F)C(F)(F)C(F)(F)C(F)(F)F)CCCC1. The van der Waals surface area contributed by atoms with Gasteiger partial charge in [-0.15, -0.1) is 0 Å². The predicted octanol–water partition coefficient (Wildman–Crippen LogP) is 6.49. The van der Waals surface area contributed by atoms with Gasteiger partial charge >= 0.3 is 33.4 Å². The fourth-order valence-electron chi connectivity index (χ4n) is 3.58. The van der Waals surface area contributed by atoms with Gasteiger partial charge in [0.15, 0.2) is 0 Å². The summed E-state index contributed by atoms with van der Waals surface area (Å²) in [7, 11) is -9.31. The van der Waals surface area contributed by atoms with Crippen molar-refractivity contribution in [3.8, 4) is 5.75 Å². The van der Waals surface area contributed by atoms with E-state index < -0.39 is 43.7 Å². The molecule has 0 unspecified atom stereocenters. The molecule has 1 heterocycles. The molecular weight excluding hydrogens is 527 g/mol. The lowest BCUT2D eigenvalue weighted by molar-refractivity contribution is -0.382. The molecule has 0 amide bonds. The second-order valence-electron chi connectivity index (χ2n) is 7.43. The minimum Gasteiger partial charge on any atom is -0.496 e. The molecule has 2 aromatic carbocycles. The zero-order valence-corrected chi connectivity index (χ0v) is 18.8. The minimum absolute atomic E-state index is 0.0403. The van der Waals surface area contributed by atoms with Gasteiger partial charge in [-0.05, 0) is 29.7 Å². The Kier molecular flexibility index (Phi) is 6.57. The van der Waals surface area contributed by atoms with Crippen LogP contribution < -0.4 is 4.74 Å². The van der Waals surface area contributed by atoms with E-state index in [0.29, 0.717) is 5.39 Å². The largest absolute Gasteiger partial charge is 0.496 e. The van der Waals surface area contributed by atoms with Crippen LogP contribution in [0, 0.1) is 0 Å². The van der Waals surface area contributed by atoms with Crippen molar-refractivity contribution in [3.05, 3.63) is 36.4 Å². The molecule has 0 N–H and O–H groups in total. The maximum absolute atomic E-state index is 14.4. The lowest BCUT2D eigenvalue weighted by Gasteiger charge is -2.39. The highest BCUT2D eigenvalue weighted by Crippen LogP contribution is 2.68.